The Kier molecular flexibility index (Phi) is 4.27. The maximum atomic E-state index is 6.53. The van der Waals surface area contributed by atoms with Crippen molar-refractivity contribution in [1.29, 1.82) is 0 Å². The molecule has 0 aliphatic heterocycles. The second kappa shape index (κ2) is 5.92. The van der Waals surface area contributed by atoms with E-state index >= 15 is 0 Å². The monoisotopic (exact) mass is 260 g/mol. The lowest BCUT2D eigenvalue weighted by Crippen LogP contribution is -1.97. The molecule has 0 saturated heterocycles. The van der Waals surface area contributed by atoms with Crippen molar-refractivity contribution in [2.24, 2.45) is 0 Å². The SMILES string of the molecule is CCOc1ccc(C(Cl)c2ccccc2C)cc1. The van der Waals surface area contributed by atoms with Crippen LogP contribution in [0, 0.1) is 6.92 Å². The first-order valence-electron chi connectivity index (χ1n) is 6.14. The highest BCUT2D eigenvalue weighted by molar-refractivity contribution is 6.22. The van der Waals surface area contributed by atoms with Crippen LogP contribution in [0.1, 0.15) is 29.0 Å². The second-order valence-corrected chi connectivity index (χ2v) is 4.66. The Morgan fingerprint density at radius 3 is 2.33 bits per heavy atom. The topological polar surface area (TPSA) is 9.23 Å². The molecule has 0 amide bonds. The minimum atomic E-state index is -0.109. The average molecular weight is 261 g/mol. The molecule has 1 nitrogen and oxygen atoms in total. The fraction of sp³-hybridized carbons (Fsp3) is 0.250. The van der Waals surface area contributed by atoms with Crippen molar-refractivity contribution in [2.75, 3.05) is 6.61 Å². The molecule has 94 valence electrons. The summed E-state index contributed by atoms with van der Waals surface area (Å²) in [5.41, 5.74) is 3.46. The van der Waals surface area contributed by atoms with Crippen molar-refractivity contribution in [3.8, 4) is 5.75 Å². The summed E-state index contributed by atoms with van der Waals surface area (Å²) >= 11 is 6.53. The van der Waals surface area contributed by atoms with Crippen LogP contribution in [0.15, 0.2) is 48.5 Å². The summed E-state index contributed by atoms with van der Waals surface area (Å²) in [6, 6.07) is 16.2. The highest BCUT2D eigenvalue weighted by atomic mass is 35.5. The molecule has 0 saturated carbocycles. The molecule has 18 heavy (non-hydrogen) atoms. The summed E-state index contributed by atoms with van der Waals surface area (Å²) in [6.07, 6.45) is 0. The Bertz CT molecular complexity index is 505. The van der Waals surface area contributed by atoms with Gasteiger partial charge in [-0.3, -0.25) is 0 Å². The van der Waals surface area contributed by atoms with E-state index in [9.17, 15) is 0 Å². The fourth-order valence-corrected chi connectivity index (χ4v) is 2.34. The van der Waals surface area contributed by atoms with Crippen LogP contribution < -0.4 is 4.74 Å². The van der Waals surface area contributed by atoms with E-state index in [4.69, 9.17) is 16.3 Å². The number of halogens is 1. The summed E-state index contributed by atoms with van der Waals surface area (Å²) in [6.45, 7) is 4.74. The summed E-state index contributed by atoms with van der Waals surface area (Å²) < 4.78 is 5.43. The molecule has 0 aromatic heterocycles. The predicted molar refractivity (Wildman–Crippen MR) is 76.5 cm³/mol. The molecule has 0 aliphatic rings. The van der Waals surface area contributed by atoms with Crippen LogP contribution in [-0.4, -0.2) is 6.61 Å². The third-order valence-corrected chi connectivity index (χ3v) is 3.43. The first kappa shape index (κ1) is 13.0. The number of aryl methyl sites for hydroxylation is 1. The van der Waals surface area contributed by atoms with Gasteiger partial charge in [-0.15, -0.1) is 11.6 Å². The summed E-state index contributed by atoms with van der Waals surface area (Å²) in [7, 11) is 0. The van der Waals surface area contributed by atoms with E-state index < -0.39 is 0 Å². The van der Waals surface area contributed by atoms with E-state index in [-0.39, 0.29) is 5.38 Å². The van der Waals surface area contributed by atoms with Gasteiger partial charge in [-0.25, -0.2) is 0 Å². The Morgan fingerprint density at radius 1 is 1.06 bits per heavy atom. The minimum Gasteiger partial charge on any atom is -0.494 e. The molecule has 0 bridgehead atoms. The van der Waals surface area contributed by atoms with Crippen molar-refractivity contribution < 1.29 is 4.74 Å². The van der Waals surface area contributed by atoms with Gasteiger partial charge in [0.2, 0.25) is 0 Å². The Labute approximate surface area is 113 Å². The molecule has 2 aromatic rings. The van der Waals surface area contributed by atoms with Crippen LogP contribution >= 0.6 is 11.6 Å². The van der Waals surface area contributed by atoms with Gasteiger partial charge in [-0.2, -0.15) is 0 Å². The van der Waals surface area contributed by atoms with Crippen LogP contribution in [0.25, 0.3) is 0 Å². The molecule has 0 radical (unpaired) electrons. The first-order valence-corrected chi connectivity index (χ1v) is 6.58. The summed E-state index contributed by atoms with van der Waals surface area (Å²) in [5, 5.41) is -0.109. The van der Waals surface area contributed by atoms with Crippen molar-refractivity contribution >= 4 is 11.6 Å². The lowest BCUT2D eigenvalue weighted by atomic mass is 10.00. The molecule has 0 aliphatic carbocycles. The average Bonchev–Trinajstić information content (AvgIpc) is 2.40. The van der Waals surface area contributed by atoms with E-state index in [1.54, 1.807) is 0 Å². The molecule has 2 rings (SSSR count). The van der Waals surface area contributed by atoms with Crippen molar-refractivity contribution in [2.45, 2.75) is 19.2 Å². The van der Waals surface area contributed by atoms with Gasteiger partial charge in [0.25, 0.3) is 0 Å². The third kappa shape index (κ3) is 2.85. The number of alkyl halides is 1. The quantitative estimate of drug-likeness (QED) is 0.723. The zero-order chi connectivity index (χ0) is 13.0. The first-order chi connectivity index (χ1) is 8.72. The van der Waals surface area contributed by atoms with Crippen molar-refractivity contribution in [1.82, 2.24) is 0 Å². The minimum absolute atomic E-state index is 0.109. The van der Waals surface area contributed by atoms with Crippen molar-refractivity contribution in [3.05, 3.63) is 65.2 Å². The largest absolute Gasteiger partial charge is 0.494 e. The summed E-state index contributed by atoms with van der Waals surface area (Å²) in [4.78, 5) is 0. The van der Waals surface area contributed by atoms with Crippen LogP contribution in [0.3, 0.4) is 0 Å². The Morgan fingerprint density at radius 2 is 1.72 bits per heavy atom. The van der Waals surface area contributed by atoms with E-state index in [0.717, 1.165) is 16.9 Å². The third-order valence-electron chi connectivity index (χ3n) is 2.95. The molecule has 0 N–H and O–H groups in total. The van der Waals surface area contributed by atoms with Gasteiger partial charge in [-0.1, -0.05) is 36.4 Å². The molecule has 2 aromatic carbocycles. The highest BCUT2D eigenvalue weighted by Crippen LogP contribution is 2.31. The van der Waals surface area contributed by atoms with E-state index in [2.05, 4.69) is 19.1 Å². The molecule has 2 heteroatoms. The van der Waals surface area contributed by atoms with Gasteiger partial charge in [0.1, 0.15) is 5.75 Å². The number of rotatable bonds is 4. The normalized spacial score (nSPS) is 12.2. The molecular formula is C16H17ClO. The van der Waals surface area contributed by atoms with Crippen LogP contribution in [-0.2, 0) is 0 Å². The van der Waals surface area contributed by atoms with Gasteiger partial charge < -0.3 is 4.74 Å². The molecule has 0 spiro atoms. The number of benzene rings is 2. The number of hydrogen-bond donors (Lipinski definition) is 0. The van der Waals surface area contributed by atoms with E-state index in [1.807, 2.05) is 43.3 Å². The smallest absolute Gasteiger partial charge is 0.119 e. The standard InChI is InChI=1S/C16H17ClO/c1-3-18-14-10-8-13(9-11-14)16(17)15-7-5-4-6-12(15)2/h4-11,16H,3H2,1-2H3. The second-order valence-electron chi connectivity index (χ2n) is 4.22. The molecular weight excluding hydrogens is 244 g/mol. The Hall–Kier alpha value is -1.47. The van der Waals surface area contributed by atoms with Gasteiger partial charge in [0.05, 0.1) is 12.0 Å². The van der Waals surface area contributed by atoms with Gasteiger partial charge in [0, 0.05) is 0 Å². The van der Waals surface area contributed by atoms with Crippen LogP contribution in [0.4, 0.5) is 0 Å². The van der Waals surface area contributed by atoms with Gasteiger partial charge >= 0.3 is 0 Å². The molecule has 1 atom stereocenters. The zero-order valence-corrected chi connectivity index (χ0v) is 11.4. The lowest BCUT2D eigenvalue weighted by molar-refractivity contribution is 0.340. The zero-order valence-electron chi connectivity index (χ0n) is 10.7. The molecule has 1 unspecified atom stereocenters. The van der Waals surface area contributed by atoms with Crippen molar-refractivity contribution in [3.63, 3.8) is 0 Å². The van der Waals surface area contributed by atoms with Crippen LogP contribution in [0.2, 0.25) is 0 Å². The van der Waals surface area contributed by atoms with E-state index in [0.29, 0.717) is 6.61 Å². The predicted octanol–water partition coefficient (Wildman–Crippen LogP) is 4.72. The maximum absolute atomic E-state index is 6.53. The van der Waals surface area contributed by atoms with Crippen LogP contribution in [0.5, 0.6) is 5.75 Å². The molecule has 0 fully saturated rings. The summed E-state index contributed by atoms with van der Waals surface area (Å²) in [5.74, 6) is 0.884. The fourth-order valence-electron chi connectivity index (χ4n) is 1.95. The highest BCUT2D eigenvalue weighted by Gasteiger charge is 2.12. The van der Waals surface area contributed by atoms with Gasteiger partial charge in [0.15, 0.2) is 0 Å². The van der Waals surface area contributed by atoms with Gasteiger partial charge in [-0.05, 0) is 42.7 Å². The maximum Gasteiger partial charge on any atom is 0.119 e. The number of ether oxygens (including phenoxy) is 1. The molecule has 0 heterocycles. The van der Waals surface area contributed by atoms with E-state index in [1.165, 1.54) is 5.56 Å². The number of hydrogen-bond acceptors (Lipinski definition) is 1. The lowest BCUT2D eigenvalue weighted by Gasteiger charge is -2.13. The Balaban J connectivity index is 2.23.